The van der Waals surface area contributed by atoms with Gasteiger partial charge in [-0.2, -0.15) is 5.26 Å². The van der Waals surface area contributed by atoms with Gasteiger partial charge in [0.2, 0.25) is 11.8 Å². The second-order valence-electron chi connectivity index (χ2n) is 11.2. The SMILES string of the molecule is N#Cc1c(N2C(=O)[C@@H]3[C@@H]4C(=O)Oc5c(ccc6ccccc56)C4=C[C@H](c4ccccc4)[C@@H]3C2=O)sc2c1CCCC2. The minimum absolute atomic E-state index is 0.351. The van der Waals surface area contributed by atoms with Crippen molar-refractivity contribution in [2.24, 2.45) is 17.8 Å². The molecular weight excluding hydrogens is 532 g/mol. The molecule has 0 spiro atoms. The van der Waals surface area contributed by atoms with E-state index in [9.17, 15) is 19.6 Å². The topological polar surface area (TPSA) is 87.5 Å². The fraction of sp³-hybridized carbons (Fsp3) is 0.235. The largest absolute Gasteiger partial charge is 0.425 e. The molecule has 1 fully saturated rings. The summed E-state index contributed by atoms with van der Waals surface area (Å²) in [6.07, 6.45) is 5.63. The Balaban J connectivity index is 1.33. The zero-order valence-electron chi connectivity index (χ0n) is 22.0. The minimum Gasteiger partial charge on any atom is -0.425 e. The van der Waals surface area contributed by atoms with Crippen molar-refractivity contribution in [3.8, 4) is 11.8 Å². The highest BCUT2D eigenvalue weighted by Crippen LogP contribution is 2.56. The van der Waals surface area contributed by atoms with E-state index in [2.05, 4.69) is 6.07 Å². The van der Waals surface area contributed by atoms with Crippen molar-refractivity contribution in [1.29, 1.82) is 5.26 Å². The first-order valence-electron chi connectivity index (χ1n) is 14.0. The molecule has 7 heteroatoms. The van der Waals surface area contributed by atoms with Crippen molar-refractivity contribution in [3.05, 3.63) is 99.9 Å². The van der Waals surface area contributed by atoms with E-state index >= 15 is 0 Å². The maximum absolute atomic E-state index is 14.4. The summed E-state index contributed by atoms with van der Waals surface area (Å²) >= 11 is 1.38. The summed E-state index contributed by atoms with van der Waals surface area (Å²) in [6.45, 7) is 0. The molecule has 2 amide bonds. The first-order valence-corrected chi connectivity index (χ1v) is 14.8. The van der Waals surface area contributed by atoms with Crippen molar-refractivity contribution >= 4 is 50.5 Å². The minimum atomic E-state index is -0.925. The fourth-order valence-electron chi connectivity index (χ4n) is 7.31. The van der Waals surface area contributed by atoms with Crippen LogP contribution >= 0.6 is 11.3 Å². The Kier molecular flexibility index (Phi) is 5.32. The van der Waals surface area contributed by atoms with E-state index in [1.54, 1.807) is 0 Å². The molecule has 3 heterocycles. The smallest absolute Gasteiger partial charge is 0.319 e. The number of ether oxygens (including phenoxy) is 1. The molecule has 0 radical (unpaired) electrons. The maximum atomic E-state index is 14.4. The summed E-state index contributed by atoms with van der Waals surface area (Å²) in [5, 5.41) is 12.3. The van der Waals surface area contributed by atoms with Crippen molar-refractivity contribution in [2.75, 3.05) is 4.90 Å². The number of rotatable bonds is 2. The van der Waals surface area contributed by atoms with Crippen molar-refractivity contribution in [1.82, 2.24) is 0 Å². The molecule has 200 valence electrons. The third-order valence-corrected chi connectivity index (χ3v) is 10.4. The Bertz CT molecular complexity index is 1880. The van der Waals surface area contributed by atoms with E-state index < -0.39 is 35.5 Å². The number of nitriles is 1. The molecular formula is C34H24N2O4S. The molecule has 0 saturated carbocycles. The normalized spacial score (nSPS) is 24.6. The lowest BCUT2D eigenvalue weighted by atomic mass is 9.64. The second kappa shape index (κ2) is 8.98. The Morgan fingerprint density at radius 1 is 0.878 bits per heavy atom. The van der Waals surface area contributed by atoms with Gasteiger partial charge in [0.05, 0.1) is 23.3 Å². The number of amides is 2. The number of anilines is 1. The van der Waals surface area contributed by atoms with Crippen LogP contribution in [0.2, 0.25) is 0 Å². The highest BCUT2D eigenvalue weighted by Gasteiger charge is 2.61. The number of carbonyl (C=O) groups is 3. The first kappa shape index (κ1) is 24.3. The third kappa shape index (κ3) is 3.37. The standard InChI is InChI=1S/C34H24N2O4S/c35-17-25-21-12-6-7-13-26(21)41-33(25)36-31(37)27-23(18-8-2-1-3-9-18)16-24-22-15-14-19-10-4-5-11-20(19)30(22)40-34(39)28(24)29(27)32(36)38/h1-5,8-11,14-16,23,27-29H,6-7,12-13H2/t23-,27+,28-,29+/m1/s1. The maximum Gasteiger partial charge on any atom is 0.319 e. The highest BCUT2D eigenvalue weighted by atomic mass is 32.1. The Morgan fingerprint density at radius 3 is 2.46 bits per heavy atom. The van der Waals surface area contributed by atoms with E-state index in [0.29, 0.717) is 16.3 Å². The van der Waals surface area contributed by atoms with Crippen LogP contribution in [0, 0.1) is 29.1 Å². The van der Waals surface area contributed by atoms with Crippen molar-refractivity contribution < 1.29 is 19.1 Å². The van der Waals surface area contributed by atoms with Gasteiger partial charge in [-0.25, -0.2) is 4.90 Å². The molecule has 1 saturated heterocycles. The summed E-state index contributed by atoms with van der Waals surface area (Å²) in [5.41, 5.74) is 3.80. The fourth-order valence-corrected chi connectivity index (χ4v) is 8.66. The third-order valence-electron chi connectivity index (χ3n) is 9.14. The van der Waals surface area contributed by atoms with Crippen LogP contribution in [0.15, 0.2) is 72.8 Å². The van der Waals surface area contributed by atoms with E-state index in [1.807, 2.05) is 72.8 Å². The molecule has 1 aromatic heterocycles. The molecule has 6 nitrogen and oxygen atoms in total. The van der Waals surface area contributed by atoms with Gasteiger partial charge in [0, 0.05) is 21.7 Å². The van der Waals surface area contributed by atoms with Gasteiger partial charge in [0.1, 0.15) is 16.8 Å². The molecule has 2 aliphatic carbocycles. The van der Waals surface area contributed by atoms with Crippen LogP contribution in [0.25, 0.3) is 16.3 Å². The lowest BCUT2D eigenvalue weighted by Crippen LogP contribution is -2.42. The summed E-state index contributed by atoms with van der Waals surface area (Å²) < 4.78 is 5.99. The van der Waals surface area contributed by atoms with Crippen LogP contribution in [0.3, 0.4) is 0 Å². The lowest BCUT2D eigenvalue weighted by Gasteiger charge is -2.38. The number of hydrogen-bond donors (Lipinski definition) is 0. The number of thiophene rings is 1. The molecule has 0 N–H and O–H groups in total. The van der Waals surface area contributed by atoms with Gasteiger partial charge in [-0.15, -0.1) is 11.3 Å². The summed E-state index contributed by atoms with van der Waals surface area (Å²) in [5.74, 6) is -3.83. The van der Waals surface area contributed by atoms with E-state index in [4.69, 9.17) is 4.74 Å². The van der Waals surface area contributed by atoms with Crippen LogP contribution in [0.4, 0.5) is 5.00 Å². The van der Waals surface area contributed by atoms with Gasteiger partial charge in [-0.3, -0.25) is 14.4 Å². The van der Waals surface area contributed by atoms with Crippen LogP contribution < -0.4 is 9.64 Å². The monoisotopic (exact) mass is 556 g/mol. The number of imide groups is 1. The molecule has 0 unspecified atom stereocenters. The van der Waals surface area contributed by atoms with Crippen LogP contribution in [0.5, 0.6) is 5.75 Å². The highest BCUT2D eigenvalue weighted by molar-refractivity contribution is 7.17. The molecule has 41 heavy (non-hydrogen) atoms. The summed E-state index contributed by atoms with van der Waals surface area (Å²) in [6, 6.07) is 23.7. The zero-order chi connectivity index (χ0) is 27.8. The summed E-state index contributed by atoms with van der Waals surface area (Å²) in [7, 11) is 0. The number of esters is 1. The van der Waals surface area contributed by atoms with Gasteiger partial charge >= 0.3 is 5.97 Å². The van der Waals surface area contributed by atoms with E-state index in [0.717, 1.165) is 63.6 Å². The van der Waals surface area contributed by atoms with Crippen LogP contribution in [-0.4, -0.2) is 17.8 Å². The van der Waals surface area contributed by atoms with Crippen molar-refractivity contribution in [2.45, 2.75) is 31.6 Å². The molecule has 2 aliphatic heterocycles. The second-order valence-corrected chi connectivity index (χ2v) is 12.3. The van der Waals surface area contributed by atoms with Crippen LogP contribution in [-0.2, 0) is 27.2 Å². The molecule has 0 bridgehead atoms. The Hall–Kier alpha value is -4.54. The molecule has 3 aromatic carbocycles. The molecule has 4 atom stereocenters. The first-order chi connectivity index (χ1) is 20.1. The average molecular weight is 557 g/mol. The number of fused-ring (bicyclic) bond motifs is 8. The number of hydrogen-bond acceptors (Lipinski definition) is 6. The average Bonchev–Trinajstić information content (AvgIpc) is 3.50. The predicted molar refractivity (Wildman–Crippen MR) is 155 cm³/mol. The zero-order valence-corrected chi connectivity index (χ0v) is 22.8. The summed E-state index contributed by atoms with van der Waals surface area (Å²) in [4.78, 5) is 44.8. The van der Waals surface area contributed by atoms with Gasteiger partial charge < -0.3 is 4.74 Å². The van der Waals surface area contributed by atoms with Gasteiger partial charge in [0.25, 0.3) is 0 Å². The number of allylic oxidation sites excluding steroid dienone is 1. The molecule has 4 aliphatic rings. The number of nitrogens with zero attached hydrogens (tertiary/aromatic N) is 2. The van der Waals surface area contributed by atoms with Gasteiger partial charge in [0.15, 0.2) is 0 Å². The van der Waals surface area contributed by atoms with Crippen LogP contribution in [0.1, 0.15) is 45.9 Å². The van der Waals surface area contributed by atoms with E-state index in [-0.39, 0.29) is 5.91 Å². The number of benzene rings is 3. The van der Waals surface area contributed by atoms with Crippen molar-refractivity contribution in [3.63, 3.8) is 0 Å². The van der Waals surface area contributed by atoms with Gasteiger partial charge in [-0.1, -0.05) is 72.8 Å². The molecule has 4 aromatic rings. The number of aryl methyl sites for hydroxylation is 1. The molecule has 8 rings (SSSR count). The Labute approximate surface area is 240 Å². The quantitative estimate of drug-likeness (QED) is 0.167. The number of carbonyl (C=O) groups excluding carboxylic acids is 3. The predicted octanol–water partition coefficient (Wildman–Crippen LogP) is 6.17. The lowest BCUT2D eigenvalue weighted by molar-refractivity contribution is -0.142. The van der Waals surface area contributed by atoms with E-state index in [1.165, 1.54) is 16.2 Å². The van der Waals surface area contributed by atoms with Gasteiger partial charge in [-0.05, 0) is 47.8 Å². The Morgan fingerprint density at radius 2 is 1.63 bits per heavy atom.